The summed E-state index contributed by atoms with van der Waals surface area (Å²) in [5.74, 6) is -0.138. The smallest absolute Gasteiger partial charge is 0.146 e. The number of halogens is 1. The van der Waals surface area contributed by atoms with E-state index in [1.54, 1.807) is 12.1 Å². The predicted molar refractivity (Wildman–Crippen MR) is 85.0 cm³/mol. The average molecular weight is 291 g/mol. The molecule has 2 N–H and O–H groups in total. The van der Waals surface area contributed by atoms with Gasteiger partial charge in [0.05, 0.1) is 5.69 Å². The molecule has 21 heavy (non-hydrogen) atoms. The molecule has 1 aromatic carbocycles. The minimum Gasteiger partial charge on any atom is -0.363 e. The van der Waals surface area contributed by atoms with Gasteiger partial charge in [0.15, 0.2) is 0 Å². The molecular weight excluding hydrogens is 265 g/mol. The van der Waals surface area contributed by atoms with Gasteiger partial charge in [0, 0.05) is 31.2 Å². The van der Waals surface area contributed by atoms with Crippen LogP contribution in [0, 0.1) is 5.82 Å². The van der Waals surface area contributed by atoms with Crippen LogP contribution in [0.5, 0.6) is 0 Å². The van der Waals surface area contributed by atoms with Gasteiger partial charge in [0.2, 0.25) is 0 Å². The Balaban J connectivity index is 1.92. The highest BCUT2D eigenvalue weighted by Gasteiger charge is 2.35. The highest BCUT2D eigenvalue weighted by Crippen LogP contribution is 2.34. The summed E-state index contributed by atoms with van der Waals surface area (Å²) in [6.07, 6.45) is 3.82. The summed E-state index contributed by atoms with van der Waals surface area (Å²) < 4.78 is 14.5. The number of anilines is 1. The Hall–Kier alpha value is -1.13. The minimum atomic E-state index is -0.146. The number of nitrogens with two attached hydrogens (primary N) is 1. The third kappa shape index (κ3) is 2.79. The van der Waals surface area contributed by atoms with Gasteiger partial charge < -0.3 is 10.6 Å². The molecule has 3 nitrogen and oxygen atoms in total. The number of nitrogens with zero attached hydrogens (tertiary/aromatic N) is 2. The van der Waals surface area contributed by atoms with Crippen LogP contribution in [0.15, 0.2) is 18.2 Å². The van der Waals surface area contributed by atoms with Crippen molar-refractivity contribution in [1.82, 2.24) is 4.90 Å². The van der Waals surface area contributed by atoms with Crippen molar-refractivity contribution in [3.8, 4) is 0 Å². The van der Waals surface area contributed by atoms with E-state index < -0.39 is 0 Å². The van der Waals surface area contributed by atoms with E-state index in [1.807, 2.05) is 13.0 Å². The van der Waals surface area contributed by atoms with Gasteiger partial charge in [0.25, 0.3) is 0 Å². The maximum Gasteiger partial charge on any atom is 0.146 e. The van der Waals surface area contributed by atoms with Crippen molar-refractivity contribution in [2.75, 3.05) is 24.5 Å². The van der Waals surface area contributed by atoms with Gasteiger partial charge in [-0.25, -0.2) is 4.39 Å². The predicted octanol–water partition coefficient (Wildman–Crippen LogP) is 2.91. The van der Waals surface area contributed by atoms with E-state index in [-0.39, 0.29) is 11.9 Å². The van der Waals surface area contributed by atoms with Crippen LogP contribution in [0.25, 0.3) is 0 Å². The Bertz CT molecular complexity index is 503. The normalized spacial score (nSPS) is 28.3. The van der Waals surface area contributed by atoms with Gasteiger partial charge in [-0.15, -0.1) is 0 Å². The molecular formula is C17H26FN3. The van der Waals surface area contributed by atoms with Gasteiger partial charge in [-0.2, -0.15) is 0 Å². The first kappa shape index (κ1) is 14.8. The standard InChI is InChI=1S/C17H26FN3/c1-12-10-20-9-4-3-6-14(20)11-21(12)17-15(13(2)19)7-5-8-16(17)18/h5,7-8,12-14H,3-4,6,9-11,19H2,1-2H3. The van der Waals surface area contributed by atoms with E-state index in [4.69, 9.17) is 5.73 Å². The molecule has 1 aromatic rings. The molecule has 2 fully saturated rings. The number of piperazine rings is 1. The molecule has 0 radical (unpaired) electrons. The monoisotopic (exact) mass is 291 g/mol. The Morgan fingerprint density at radius 2 is 2.10 bits per heavy atom. The zero-order valence-corrected chi connectivity index (χ0v) is 13.1. The lowest BCUT2D eigenvalue weighted by atomic mass is 9.95. The van der Waals surface area contributed by atoms with Crippen molar-refractivity contribution in [2.45, 2.75) is 51.2 Å². The SMILES string of the molecule is CC(N)c1cccc(F)c1N1CC2CCCCN2CC1C. The summed E-state index contributed by atoms with van der Waals surface area (Å²) in [6, 6.07) is 6.03. The second-order valence-corrected chi connectivity index (χ2v) is 6.61. The molecule has 0 spiro atoms. The lowest BCUT2D eigenvalue weighted by molar-refractivity contribution is 0.115. The molecule has 0 amide bonds. The van der Waals surface area contributed by atoms with Gasteiger partial charge in [-0.1, -0.05) is 18.6 Å². The number of hydrogen-bond donors (Lipinski definition) is 1. The number of rotatable bonds is 2. The molecule has 0 saturated carbocycles. The van der Waals surface area contributed by atoms with Crippen LogP contribution in [0.2, 0.25) is 0 Å². The molecule has 3 rings (SSSR count). The van der Waals surface area contributed by atoms with Crippen molar-refractivity contribution in [3.63, 3.8) is 0 Å². The molecule has 0 aromatic heterocycles. The first-order valence-electron chi connectivity index (χ1n) is 8.12. The Labute approximate surface area is 126 Å². The highest BCUT2D eigenvalue weighted by atomic mass is 19.1. The zero-order valence-electron chi connectivity index (χ0n) is 13.1. The molecule has 0 bridgehead atoms. The molecule has 3 unspecified atom stereocenters. The van der Waals surface area contributed by atoms with E-state index in [0.717, 1.165) is 24.3 Å². The number of piperidine rings is 1. The van der Waals surface area contributed by atoms with Crippen LogP contribution in [-0.4, -0.2) is 36.6 Å². The minimum absolute atomic E-state index is 0.138. The average Bonchev–Trinajstić information content (AvgIpc) is 2.46. The van der Waals surface area contributed by atoms with Crippen LogP contribution in [-0.2, 0) is 0 Å². The summed E-state index contributed by atoms with van der Waals surface area (Å²) in [4.78, 5) is 4.83. The lowest BCUT2D eigenvalue weighted by Gasteiger charge is -2.49. The van der Waals surface area contributed by atoms with Crippen molar-refractivity contribution in [2.24, 2.45) is 5.73 Å². The second-order valence-electron chi connectivity index (χ2n) is 6.61. The second kappa shape index (κ2) is 5.93. The summed E-state index contributed by atoms with van der Waals surface area (Å²) >= 11 is 0. The summed E-state index contributed by atoms with van der Waals surface area (Å²) in [6.45, 7) is 7.27. The van der Waals surface area contributed by atoms with Gasteiger partial charge in [0.1, 0.15) is 5.82 Å². The summed E-state index contributed by atoms with van der Waals surface area (Å²) in [5.41, 5.74) is 7.71. The first-order valence-corrected chi connectivity index (χ1v) is 8.12. The van der Waals surface area contributed by atoms with E-state index in [9.17, 15) is 4.39 Å². The van der Waals surface area contributed by atoms with E-state index in [0.29, 0.717) is 12.1 Å². The molecule has 2 heterocycles. The lowest BCUT2D eigenvalue weighted by Crippen LogP contribution is -2.59. The third-order valence-corrected chi connectivity index (χ3v) is 4.98. The molecule has 2 aliphatic heterocycles. The van der Waals surface area contributed by atoms with Crippen LogP contribution >= 0.6 is 0 Å². The number of fused-ring (bicyclic) bond motifs is 1. The maximum absolute atomic E-state index is 14.5. The number of benzene rings is 1. The molecule has 2 aliphatic rings. The molecule has 4 heteroatoms. The molecule has 116 valence electrons. The van der Waals surface area contributed by atoms with Gasteiger partial charge in [-0.3, -0.25) is 4.90 Å². The molecule has 0 aliphatic carbocycles. The Morgan fingerprint density at radius 3 is 2.86 bits per heavy atom. The van der Waals surface area contributed by atoms with Crippen molar-refractivity contribution >= 4 is 5.69 Å². The van der Waals surface area contributed by atoms with Crippen LogP contribution in [0.3, 0.4) is 0 Å². The Kier molecular flexibility index (Phi) is 4.18. The summed E-state index contributed by atoms with van der Waals surface area (Å²) in [7, 11) is 0. The van der Waals surface area contributed by atoms with Crippen molar-refractivity contribution in [1.29, 1.82) is 0 Å². The fourth-order valence-corrected chi connectivity index (χ4v) is 3.87. The zero-order chi connectivity index (χ0) is 15.0. The van der Waals surface area contributed by atoms with Crippen LogP contribution in [0.1, 0.15) is 44.7 Å². The topological polar surface area (TPSA) is 32.5 Å². The van der Waals surface area contributed by atoms with E-state index in [1.165, 1.54) is 25.8 Å². The van der Waals surface area contributed by atoms with Crippen LogP contribution in [0.4, 0.5) is 10.1 Å². The van der Waals surface area contributed by atoms with Gasteiger partial charge in [-0.05, 0) is 44.9 Å². The number of hydrogen-bond acceptors (Lipinski definition) is 3. The van der Waals surface area contributed by atoms with E-state index >= 15 is 0 Å². The Morgan fingerprint density at radius 1 is 1.29 bits per heavy atom. The third-order valence-electron chi connectivity index (χ3n) is 4.98. The summed E-state index contributed by atoms with van der Waals surface area (Å²) in [5, 5.41) is 0. The molecule has 2 saturated heterocycles. The number of para-hydroxylation sites is 1. The van der Waals surface area contributed by atoms with Crippen molar-refractivity contribution < 1.29 is 4.39 Å². The molecule has 3 atom stereocenters. The van der Waals surface area contributed by atoms with Crippen LogP contribution < -0.4 is 10.6 Å². The fraction of sp³-hybridized carbons (Fsp3) is 0.647. The maximum atomic E-state index is 14.5. The van der Waals surface area contributed by atoms with Crippen molar-refractivity contribution in [3.05, 3.63) is 29.6 Å². The first-order chi connectivity index (χ1) is 10.1. The quantitative estimate of drug-likeness (QED) is 0.909. The fourth-order valence-electron chi connectivity index (χ4n) is 3.87. The van der Waals surface area contributed by atoms with Gasteiger partial charge >= 0.3 is 0 Å². The highest BCUT2D eigenvalue weighted by molar-refractivity contribution is 5.57. The van der Waals surface area contributed by atoms with E-state index in [2.05, 4.69) is 16.7 Å². The largest absolute Gasteiger partial charge is 0.363 e.